The maximum atomic E-state index is 12.8. The molecular weight excluding hydrogens is 340 g/mol. The van der Waals surface area contributed by atoms with Crippen LogP contribution < -0.4 is 4.90 Å². The van der Waals surface area contributed by atoms with E-state index in [2.05, 4.69) is 23.6 Å². The zero-order valence-electron chi connectivity index (χ0n) is 17.3. The number of hydrogen-bond acceptors (Lipinski definition) is 4. The maximum Gasteiger partial charge on any atom is 0.253 e. The summed E-state index contributed by atoms with van der Waals surface area (Å²) in [7, 11) is 0. The Labute approximate surface area is 163 Å². The molecule has 0 N–H and O–H groups in total. The number of piperazine rings is 1. The van der Waals surface area contributed by atoms with Gasteiger partial charge in [-0.2, -0.15) is 0 Å². The molecule has 1 saturated heterocycles. The fourth-order valence-electron chi connectivity index (χ4n) is 3.56. The summed E-state index contributed by atoms with van der Waals surface area (Å²) in [5, 5.41) is 0. The van der Waals surface area contributed by atoms with Crippen molar-refractivity contribution in [2.45, 2.75) is 27.7 Å². The third kappa shape index (κ3) is 5.45. The second-order valence-electron chi connectivity index (χ2n) is 6.85. The highest BCUT2D eigenvalue weighted by atomic mass is 16.2. The molecule has 0 saturated carbocycles. The van der Waals surface area contributed by atoms with E-state index in [1.165, 1.54) is 0 Å². The second-order valence-corrected chi connectivity index (χ2v) is 6.85. The van der Waals surface area contributed by atoms with Crippen LogP contribution in [0.1, 0.15) is 38.1 Å². The quantitative estimate of drug-likeness (QED) is 0.700. The van der Waals surface area contributed by atoms with Crippen molar-refractivity contribution in [1.29, 1.82) is 0 Å². The van der Waals surface area contributed by atoms with Crippen LogP contribution in [0.15, 0.2) is 24.3 Å². The minimum absolute atomic E-state index is 0.0795. The van der Waals surface area contributed by atoms with Crippen LogP contribution in [0.2, 0.25) is 0 Å². The van der Waals surface area contributed by atoms with Gasteiger partial charge in [0.25, 0.3) is 5.91 Å². The molecule has 27 heavy (non-hydrogen) atoms. The van der Waals surface area contributed by atoms with Gasteiger partial charge in [0.1, 0.15) is 0 Å². The van der Waals surface area contributed by atoms with E-state index in [-0.39, 0.29) is 11.8 Å². The van der Waals surface area contributed by atoms with Crippen LogP contribution in [0.5, 0.6) is 0 Å². The van der Waals surface area contributed by atoms with Crippen molar-refractivity contribution in [1.82, 2.24) is 14.7 Å². The van der Waals surface area contributed by atoms with Gasteiger partial charge in [-0.1, -0.05) is 0 Å². The van der Waals surface area contributed by atoms with Crippen molar-refractivity contribution in [2.24, 2.45) is 0 Å². The molecule has 2 rings (SSSR count). The van der Waals surface area contributed by atoms with Crippen LogP contribution in [-0.2, 0) is 4.79 Å². The van der Waals surface area contributed by atoms with Gasteiger partial charge in [0.2, 0.25) is 5.91 Å². The van der Waals surface area contributed by atoms with Crippen LogP contribution in [0.4, 0.5) is 5.69 Å². The monoisotopic (exact) mass is 374 g/mol. The highest BCUT2D eigenvalue weighted by Gasteiger charge is 2.24. The van der Waals surface area contributed by atoms with Gasteiger partial charge < -0.3 is 14.7 Å². The molecule has 0 aromatic heterocycles. The third-order valence-corrected chi connectivity index (χ3v) is 5.38. The van der Waals surface area contributed by atoms with Crippen molar-refractivity contribution in [3.05, 3.63) is 29.8 Å². The highest BCUT2D eigenvalue weighted by molar-refractivity contribution is 5.94. The van der Waals surface area contributed by atoms with E-state index in [1.807, 2.05) is 47.9 Å². The van der Waals surface area contributed by atoms with Crippen molar-refractivity contribution in [3.8, 4) is 0 Å². The Morgan fingerprint density at radius 2 is 1.41 bits per heavy atom. The lowest BCUT2D eigenvalue weighted by molar-refractivity contribution is -0.132. The molecule has 0 aliphatic carbocycles. The minimum Gasteiger partial charge on any atom is -0.372 e. The van der Waals surface area contributed by atoms with Crippen LogP contribution in [0, 0.1) is 0 Å². The SMILES string of the molecule is CCN(CC)C(=O)CN1CCN(C(=O)c2ccc(N(CC)CC)cc2)CC1. The molecule has 0 atom stereocenters. The van der Waals surface area contributed by atoms with E-state index in [9.17, 15) is 9.59 Å². The smallest absolute Gasteiger partial charge is 0.253 e. The molecule has 0 spiro atoms. The predicted molar refractivity (Wildman–Crippen MR) is 110 cm³/mol. The summed E-state index contributed by atoms with van der Waals surface area (Å²) >= 11 is 0. The Morgan fingerprint density at radius 1 is 0.852 bits per heavy atom. The number of carbonyl (C=O) groups is 2. The molecule has 1 aliphatic heterocycles. The second kappa shape index (κ2) is 10.3. The topological polar surface area (TPSA) is 47.1 Å². The van der Waals surface area contributed by atoms with Crippen molar-refractivity contribution < 1.29 is 9.59 Å². The lowest BCUT2D eigenvalue weighted by atomic mass is 10.1. The number of carbonyl (C=O) groups excluding carboxylic acids is 2. The average Bonchev–Trinajstić information content (AvgIpc) is 2.70. The Morgan fingerprint density at radius 3 is 1.89 bits per heavy atom. The van der Waals surface area contributed by atoms with Gasteiger partial charge in [-0.15, -0.1) is 0 Å². The Hall–Kier alpha value is -2.08. The van der Waals surface area contributed by atoms with Gasteiger partial charge in [-0.25, -0.2) is 0 Å². The highest BCUT2D eigenvalue weighted by Crippen LogP contribution is 2.17. The summed E-state index contributed by atoms with van der Waals surface area (Å²) in [4.78, 5) is 33.2. The van der Waals surface area contributed by atoms with Crippen LogP contribution in [-0.4, -0.2) is 85.4 Å². The molecule has 6 nitrogen and oxygen atoms in total. The average molecular weight is 375 g/mol. The molecule has 0 unspecified atom stereocenters. The molecule has 1 aliphatic rings. The molecule has 150 valence electrons. The zero-order chi connectivity index (χ0) is 19.8. The number of anilines is 1. The number of amides is 2. The number of nitrogens with zero attached hydrogens (tertiary/aromatic N) is 4. The number of rotatable bonds is 8. The summed E-state index contributed by atoms with van der Waals surface area (Å²) in [6.45, 7) is 15.0. The Kier molecular flexibility index (Phi) is 8.10. The van der Waals surface area contributed by atoms with E-state index in [0.29, 0.717) is 19.6 Å². The van der Waals surface area contributed by atoms with Crippen molar-refractivity contribution >= 4 is 17.5 Å². The standard InChI is InChI=1S/C21H34N4O2/c1-5-23(6-2)19-11-9-18(10-12-19)21(27)25-15-13-22(14-16-25)17-20(26)24(7-3)8-4/h9-12H,5-8,13-17H2,1-4H3. The van der Waals surface area contributed by atoms with Gasteiger partial charge in [0.05, 0.1) is 6.54 Å². The van der Waals surface area contributed by atoms with Crippen LogP contribution in [0.3, 0.4) is 0 Å². The molecule has 0 radical (unpaired) electrons. The van der Waals surface area contributed by atoms with Crippen molar-refractivity contribution in [2.75, 3.05) is 63.8 Å². The first-order chi connectivity index (χ1) is 13.0. The molecule has 1 fully saturated rings. The zero-order valence-corrected chi connectivity index (χ0v) is 17.3. The molecule has 2 amide bonds. The molecule has 1 aromatic rings. The van der Waals surface area contributed by atoms with Gasteiger partial charge in [0.15, 0.2) is 0 Å². The molecule has 6 heteroatoms. The summed E-state index contributed by atoms with van der Waals surface area (Å²) < 4.78 is 0. The predicted octanol–water partition coefficient (Wildman–Crippen LogP) is 2.16. The summed E-state index contributed by atoms with van der Waals surface area (Å²) in [5.41, 5.74) is 1.88. The normalized spacial score (nSPS) is 14.9. The van der Waals surface area contributed by atoms with E-state index >= 15 is 0 Å². The van der Waals surface area contributed by atoms with Crippen LogP contribution in [0.25, 0.3) is 0 Å². The molecular formula is C21H34N4O2. The van der Waals surface area contributed by atoms with Crippen LogP contribution >= 0.6 is 0 Å². The summed E-state index contributed by atoms with van der Waals surface area (Å²) in [5.74, 6) is 0.252. The molecule has 0 bridgehead atoms. The number of hydrogen-bond donors (Lipinski definition) is 0. The van der Waals surface area contributed by atoms with Gasteiger partial charge in [-0.3, -0.25) is 14.5 Å². The van der Waals surface area contributed by atoms with E-state index in [1.54, 1.807) is 0 Å². The molecule has 1 aromatic carbocycles. The van der Waals surface area contributed by atoms with Gasteiger partial charge in [-0.05, 0) is 52.0 Å². The first-order valence-electron chi connectivity index (χ1n) is 10.2. The largest absolute Gasteiger partial charge is 0.372 e. The van der Waals surface area contributed by atoms with E-state index in [0.717, 1.165) is 50.5 Å². The molecule has 1 heterocycles. The Balaban J connectivity index is 1.88. The fraction of sp³-hybridized carbons (Fsp3) is 0.619. The maximum absolute atomic E-state index is 12.8. The fourth-order valence-corrected chi connectivity index (χ4v) is 3.56. The lowest BCUT2D eigenvalue weighted by Gasteiger charge is -2.35. The number of likely N-dealkylation sites (N-methyl/N-ethyl adjacent to an activating group) is 1. The van der Waals surface area contributed by atoms with E-state index in [4.69, 9.17) is 0 Å². The number of benzene rings is 1. The summed E-state index contributed by atoms with van der Waals surface area (Å²) in [6, 6.07) is 7.90. The van der Waals surface area contributed by atoms with Gasteiger partial charge >= 0.3 is 0 Å². The lowest BCUT2D eigenvalue weighted by Crippen LogP contribution is -2.51. The Bertz CT molecular complexity index is 601. The minimum atomic E-state index is 0.0795. The first kappa shape index (κ1) is 21.2. The summed E-state index contributed by atoms with van der Waals surface area (Å²) in [6.07, 6.45) is 0. The van der Waals surface area contributed by atoms with Crippen molar-refractivity contribution in [3.63, 3.8) is 0 Å². The third-order valence-electron chi connectivity index (χ3n) is 5.38. The first-order valence-corrected chi connectivity index (χ1v) is 10.2. The van der Waals surface area contributed by atoms with E-state index < -0.39 is 0 Å². The van der Waals surface area contributed by atoms with Gasteiger partial charge in [0, 0.05) is 63.6 Å².